The topological polar surface area (TPSA) is 62.2 Å². The molecule has 2 aromatic carbocycles. The molecule has 3 aromatic rings. The van der Waals surface area contributed by atoms with E-state index in [9.17, 15) is 4.79 Å². The van der Waals surface area contributed by atoms with Crippen molar-refractivity contribution in [1.29, 1.82) is 0 Å². The summed E-state index contributed by atoms with van der Waals surface area (Å²) in [4.78, 5) is 15.8. The minimum atomic E-state index is -0.441. The van der Waals surface area contributed by atoms with E-state index in [1.165, 1.54) is 43.5 Å². The predicted octanol–water partition coefficient (Wildman–Crippen LogP) is 5.59. The zero-order valence-corrected chi connectivity index (χ0v) is 21.7. The second-order valence-electron chi connectivity index (χ2n) is 9.91. The molecule has 0 N–H and O–H groups in total. The van der Waals surface area contributed by atoms with E-state index in [-0.39, 0.29) is 18.1 Å². The Hall–Kier alpha value is -3.87. The molecule has 0 radical (unpaired) electrons. The third kappa shape index (κ3) is 3.44. The second kappa shape index (κ2) is 8.91. The summed E-state index contributed by atoms with van der Waals surface area (Å²) in [6, 6.07) is 12.1. The van der Waals surface area contributed by atoms with Crippen molar-refractivity contribution in [3.63, 3.8) is 0 Å². The first-order chi connectivity index (χ1) is 18.0. The fraction of sp³-hybridized carbons (Fsp3) is 0.367. The summed E-state index contributed by atoms with van der Waals surface area (Å²) in [7, 11) is 4.60. The van der Waals surface area contributed by atoms with Gasteiger partial charge in [0.15, 0.2) is 11.5 Å². The van der Waals surface area contributed by atoms with Gasteiger partial charge in [-0.25, -0.2) is 4.79 Å². The fourth-order valence-corrected chi connectivity index (χ4v) is 6.50. The standard InChI is InChI=1S/C30H32N2O5/c1-5-30-12-8-13-31-14-11-22-21-9-6-7-10-23(21)32(26(22)28(30)31)20(17-30)18-37-29(33)19-15-24(34-2)27(36-4)25(16-19)35-3/h6-10,13,15-17,28H,5,11-12,14,18H2,1-4H3/t28-,30+/m1/s1. The molecule has 192 valence electrons. The molecule has 37 heavy (non-hydrogen) atoms. The maximum Gasteiger partial charge on any atom is 0.338 e. The lowest BCUT2D eigenvalue weighted by molar-refractivity contribution is 0.0543. The Morgan fingerprint density at radius 2 is 1.84 bits per heavy atom. The Labute approximate surface area is 216 Å². The van der Waals surface area contributed by atoms with Crippen molar-refractivity contribution in [1.82, 2.24) is 9.47 Å². The zero-order chi connectivity index (χ0) is 25.7. The number of hydrogen-bond donors (Lipinski definition) is 0. The molecule has 4 heterocycles. The van der Waals surface area contributed by atoms with Gasteiger partial charge in [-0.3, -0.25) is 0 Å². The van der Waals surface area contributed by atoms with Gasteiger partial charge in [-0.1, -0.05) is 37.3 Å². The van der Waals surface area contributed by atoms with Gasteiger partial charge in [0.1, 0.15) is 6.61 Å². The molecule has 0 amide bonds. The van der Waals surface area contributed by atoms with Gasteiger partial charge in [0, 0.05) is 17.3 Å². The maximum atomic E-state index is 13.3. The molecule has 0 saturated carbocycles. The van der Waals surface area contributed by atoms with Gasteiger partial charge < -0.3 is 28.4 Å². The van der Waals surface area contributed by atoms with Crippen molar-refractivity contribution in [3.8, 4) is 17.2 Å². The van der Waals surface area contributed by atoms with E-state index in [4.69, 9.17) is 18.9 Å². The van der Waals surface area contributed by atoms with Crippen molar-refractivity contribution in [2.75, 3.05) is 34.5 Å². The average Bonchev–Trinajstić information content (AvgIpc) is 3.29. The average molecular weight is 501 g/mol. The molecule has 0 spiro atoms. The van der Waals surface area contributed by atoms with E-state index in [0.717, 1.165) is 31.5 Å². The highest BCUT2D eigenvalue weighted by Crippen LogP contribution is 2.56. The number of hydrogen-bond acceptors (Lipinski definition) is 6. The SMILES string of the molecule is CC[C@@]12C=C(COC(=O)c3cc(OC)c(OC)c(OC)c3)n3c4c(c5ccccc53)CCN(C=CC1)[C@H]42. The zero-order valence-electron chi connectivity index (χ0n) is 21.7. The van der Waals surface area contributed by atoms with Crippen LogP contribution in [0.2, 0.25) is 0 Å². The van der Waals surface area contributed by atoms with Crippen molar-refractivity contribution in [2.24, 2.45) is 5.41 Å². The van der Waals surface area contributed by atoms with Gasteiger partial charge in [0.05, 0.1) is 49.8 Å². The summed E-state index contributed by atoms with van der Waals surface area (Å²) >= 11 is 0. The van der Waals surface area contributed by atoms with Gasteiger partial charge in [-0.15, -0.1) is 0 Å². The van der Waals surface area contributed by atoms with E-state index < -0.39 is 5.97 Å². The van der Waals surface area contributed by atoms with E-state index in [1.54, 1.807) is 12.1 Å². The summed E-state index contributed by atoms with van der Waals surface area (Å²) < 4.78 is 24.5. The molecule has 3 aliphatic rings. The van der Waals surface area contributed by atoms with Crippen LogP contribution in [-0.2, 0) is 11.2 Å². The quantitative estimate of drug-likeness (QED) is 0.394. The van der Waals surface area contributed by atoms with E-state index in [0.29, 0.717) is 22.8 Å². The van der Waals surface area contributed by atoms with E-state index in [1.807, 2.05) is 0 Å². The third-order valence-electron chi connectivity index (χ3n) is 8.22. The van der Waals surface area contributed by atoms with Crippen LogP contribution in [0.4, 0.5) is 0 Å². The van der Waals surface area contributed by atoms with Gasteiger partial charge in [-0.2, -0.15) is 0 Å². The molecule has 0 bridgehead atoms. The van der Waals surface area contributed by atoms with Gasteiger partial charge in [-0.05, 0) is 49.2 Å². The number of esters is 1. The Morgan fingerprint density at radius 1 is 1.08 bits per heavy atom. The van der Waals surface area contributed by atoms with Crippen LogP contribution in [0.3, 0.4) is 0 Å². The normalized spacial score (nSPS) is 21.4. The molecule has 0 aliphatic carbocycles. The van der Waals surface area contributed by atoms with Crippen LogP contribution in [-0.4, -0.2) is 49.9 Å². The Kier molecular flexibility index (Phi) is 5.66. The summed E-state index contributed by atoms with van der Waals surface area (Å²) in [5.41, 5.74) is 5.26. The van der Waals surface area contributed by atoms with Crippen molar-refractivity contribution in [3.05, 3.63) is 71.6 Å². The smallest absolute Gasteiger partial charge is 0.338 e. The highest BCUT2D eigenvalue weighted by molar-refractivity contribution is 5.93. The largest absolute Gasteiger partial charge is 0.493 e. The van der Waals surface area contributed by atoms with E-state index in [2.05, 4.69) is 59.0 Å². The highest BCUT2D eigenvalue weighted by atomic mass is 16.5. The number of allylic oxidation sites excluding steroid dienone is 1. The first-order valence-corrected chi connectivity index (χ1v) is 12.8. The first-order valence-electron chi connectivity index (χ1n) is 12.8. The molecule has 3 aliphatic heterocycles. The highest BCUT2D eigenvalue weighted by Gasteiger charge is 2.49. The third-order valence-corrected chi connectivity index (χ3v) is 8.22. The molecule has 7 nitrogen and oxygen atoms in total. The number of aromatic nitrogens is 1. The number of methoxy groups -OCH3 is 3. The number of fused-ring (bicyclic) bond motifs is 3. The molecular formula is C30H32N2O5. The number of carbonyl (C=O) groups excluding carboxylic acids is 1. The predicted molar refractivity (Wildman–Crippen MR) is 142 cm³/mol. The lowest BCUT2D eigenvalue weighted by atomic mass is 9.67. The molecule has 2 atom stereocenters. The van der Waals surface area contributed by atoms with Crippen molar-refractivity contribution >= 4 is 22.6 Å². The number of benzene rings is 2. The maximum absolute atomic E-state index is 13.3. The minimum absolute atomic E-state index is 0.0391. The van der Waals surface area contributed by atoms with Crippen molar-refractivity contribution in [2.45, 2.75) is 32.2 Å². The number of ether oxygens (including phenoxy) is 4. The summed E-state index contributed by atoms with van der Waals surface area (Å²) in [5.74, 6) is 0.826. The Morgan fingerprint density at radius 3 is 2.54 bits per heavy atom. The first kappa shape index (κ1) is 23.5. The fourth-order valence-electron chi connectivity index (χ4n) is 6.50. The number of rotatable bonds is 7. The summed E-state index contributed by atoms with van der Waals surface area (Å²) in [6.07, 6.45) is 9.90. The molecule has 0 fully saturated rings. The molecular weight excluding hydrogens is 468 g/mol. The lowest BCUT2D eigenvalue weighted by Crippen LogP contribution is -2.46. The second-order valence-corrected chi connectivity index (χ2v) is 9.91. The monoisotopic (exact) mass is 500 g/mol. The molecule has 0 unspecified atom stereocenters. The van der Waals surface area contributed by atoms with Gasteiger partial charge >= 0.3 is 5.97 Å². The minimum Gasteiger partial charge on any atom is -0.493 e. The number of carbonyl (C=O) groups is 1. The van der Waals surface area contributed by atoms with Crippen LogP contribution < -0.4 is 14.2 Å². The molecule has 0 saturated heterocycles. The molecule has 6 rings (SSSR count). The van der Waals surface area contributed by atoms with Crippen LogP contribution in [0.15, 0.2) is 54.8 Å². The van der Waals surface area contributed by atoms with Gasteiger partial charge in [0.2, 0.25) is 5.75 Å². The van der Waals surface area contributed by atoms with Crippen LogP contribution in [0.1, 0.15) is 47.4 Å². The Balaban J connectivity index is 1.41. The lowest BCUT2D eigenvalue weighted by Gasteiger charge is -2.52. The van der Waals surface area contributed by atoms with Gasteiger partial charge in [0.25, 0.3) is 0 Å². The summed E-state index contributed by atoms with van der Waals surface area (Å²) in [6.45, 7) is 3.45. The van der Waals surface area contributed by atoms with Crippen LogP contribution in [0.25, 0.3) is 16.6 Å². The molecule has 7 heteroatoms. The van der Waals surface area contributed by atoms with E-state index >= 15 is 0 Å². The van der Waals surface area contributed by atoms with Crippen molar-refractivity contribution < 1.29 is 23.7 Å². The Bertz CT molecular complexity index is 1430. The molecule has 1 aromatic heterocycles. The van der Waals surface area contributed by atoms with Crippen LogP contribution in [0.5, 0.6) is 17.2 Å². The number of para-hydroxylation sites is 1. The van der Waals surface area contributed by atoms with Crippen LogP contribution >= 0.6 is 0 Å². The van der Waals surface area contributed by atoms with Crippen LogP contribution in [0, 0.1) is 5.41 Å². The summed E-state index contributed by atoms with van der Waals surface area (Å²) in [5, 5.41) is 1.29. The number of nitrogens with zero attached hydrogens (tertiary/aromatic N) is 2.